The number of hydrogen-bond donors (Lipinski definition) is 2. The molecule has 0 atom stereocenters. The minimum atomic E-state index is -0.586. The van der Waals surface area contributed by atoms with E-state index in [-0.39, 0.29) is 23.9 Å². The fourth-order valence-electron chi connectivity index (χ4n) is 3.43. The van der Waals surface area contributed by atoms with Crippen LogP contribution in [0.3, 0.4) is 0 Å². The first-order chi connectivity index (χ1) is 18.1. The number of amides is 2. The van der Waals surface area contributed by atoms with Gasteiger partial charge in [0.1, 0.15) is 5.75 Å². The maximum absolute atomic E-state index is 12.6. The second kappa shape index (κ2) is 10.5. The molecular formula is C27H19N3O7. The number of carbonyl (C=O) groups is 3. The average molecular weight is 497 g/mol. The molecule has 37 heavy (non-hydrogen) atoms. The van der Waals surface area contributed by atoms with Gasteiger partial charge in [0.05, 0.1) is 18.0 Å². The van der Waals surface area contributed by atoms with E-state index in [4.69, 9.17) is 18.6 Å². The highest BCUT2D eigenvalue weighted by Crippen LogP contribution is 2.33. The summed E-state index contributed by atoms with van der Waals surface area (Å²) in [5, 5.41) is 6.64. The molecule has 0 aliphatic carbocycles. The van der Waals surface area contributed by atoms with Crippen LogP contribution in [0.5, 0.6) is 17.2 Å². The van der Waals surface area contributed by atoms with Crippen LogP contribution in [0.15, 0.2) is 94.6 Å². The Morgan fingerprint density at radius 3 is 2.57 bits per heavy atom. The van der Waals surface area contributed by atoms with Crippen LogP contribution in [-0.4, -0.2) is 30.8 Å². The highest BCUT2D eigenvalue weighted by atomic mass is 16.7. The van der Waals surface area contributed by atoms with Gasteiger partial charge in [-0.05, 0) is 60.7 Å². The van der Waals surface area contributed by atoms with E-state index in [2.05, 4.69) is 15.8 Å². The molecule has 0 saturated carbocycles. The zero-order chi connectivity index (χ0) is 25.6. The fourth-order valence-corrected chi connectivity index (χ4v) is 3.43. The van der Waals surface area contributed by atoms with E-state index in [1.54, 1.807) is 66.7 Å². The molecule has 0 radical (unpaired) electrons. The minimum Gasteiger partial charge on any atom is -0.459 e. The van der Waals surface area contributed by atoms with Crippen LogP contribution < -0.4 is 25.0 Å². The summed E-state index contributed by atoms with van der Waals surface area (Å²) < 4.78 is 21.2. The van der Waals surface area contributed by atoms with Gasteiger partial charge in [0, 0.05) is 16.8 Å². The number of nitrogens with zero attached hydrogens (tertiary/aromatic N) is 1. The Balaban J connectivity index is 1.22. The van der Waals surface area contributed by atoms with Crippen LogP contribution in [0.1, 0.15) is 36.8 Å². The summed E-state index contributed by atoms with van der Waals surface area (Å²) in [4.78, 5) is 37.4. The molecule has 0 bridgehead atoms. The van der Waals surface area contributed by atoms with Crippen molar-refractivity contribution in [3.63, 3.8) is 0 Å². The summed E-state index contributed by atoms with van der Waals surface area (Å²) in [5.74, 6) is -0.0886. The fraction of sp³-hybridized carbons (Fsp3) is 0.0370. The van der Waals surface area contributed by atoms with Crippen molar-refractivity contribution in [3.05, 3.63) is 108 Å². The lowest BCUT2D eigenvalue weighted by Crippen LogP contribution is -2.18. The first-order valence-corrected chi connectivity index (χ1v) is 11.1. The van der Waals surface area contributed by atoms with Crippen molar-refractivity contribution in [3.8, 4) is 17.2 Å². The molecule has 1 aromatic heterocycles. The third-order valence-corrected chi connectivity index (χ3v) is 5.23. The number of hydrogen-bond acceptors (Lipinski definition) is 8. The number of rotatable bonds is 7. The molecule has 3 aromatic carbocycles. The van der Waals surface area contributed by atoms with Crippen molar-refractivity contribution in [2.75, 3.05) is 12.1 Å². The monoisotopic (exact) mass is 497 g/mol. The maximum atomic E-state index is 12.6. The number of benzene rings is 3. The molecule has 0 spiro atoms. The Morgan fingerprint density at radius 1 is 0.838 bits per heavy atom. The van der Waals surface area contributed by atoms with Crippen molar-refractivity contribution < 1.29 is 33.0 Å². The van der Waals surface area contributed by atoms with Crippen molar-refractivity contribution >= 4 is 29.7 Å². The molecule has 2 heterocycles. The number of furan rings is 1. The van der Waals surface area contributed by atoms with E-state index < -0.39 is 17.8 Å². The molecule has 1 aliphatic heterocycles. The molecule has 2 amide bonds. The van der Waals surface area contributed by atoms with E-state index in [0.29, 0.717) is 28.3 Å². The zero-order valence-electron chi connectivity index (χ0n) is 19.2. The molecule has 4 aromatic rings. The number of hydrazone groups is 1. The quantitative estimate of drug-likeness (QED) is 0.169. The summed E-state index contributed by atoms with van der Waals surface area (Å²) in [7, 11) is 0. The Hall–Kier alpha value is -5.38. The lowest BCUT2D eigenvalue weighted by atomic mass is 10.2. The molecule has 10 nitrogen and oxygen atoms in total. The van der Waals surface area contributed by atoms with Crippen LogP contribution in [0.25, 0.3) is 0 Å². The molecule has 1 aliphatic rings. The van der Waals surface area contributed by atoms with Gasteiger partial charge in [-0.25, -0.2) is 10.2 Å². The Labute approximate surface area is 210 Å². The summed E-state index contributed by atoms with van der Waals surface area (Å²) in [5.41, 5.74) is 3.88. The number of nitrogens with one attached hydrogen (secondary N) is 2. The Kier molecular flexibility index (Phi) is 6.62. The molecule has 10 heteroatoms. The van der Waals surface area contributed by atoms with E-state index >= 15 is 0 Å². The van der Waals surface area contributed by atoms with Crippen LogP contribution in [0, 0.1) is 0 Å². The summed E-state index contributed by atoms with van der Waals surface area (Å²) in [6.45, 7) is 0.0999. The third-order valence-electron chi connectivity index (χ3n) is 5.23. The maximum Gasteiger partial charge on any atom is 0.343 e. The normalized spacial score (nSPS) is 11.8. The molecular weight excluding hydrogens is 478 g/mol. The molecule has 2 N–H and O–H groups in total. The Bertz CT molecular complexity index is 1500. The van der Waals surface area contributed by atoms with Crippen LogP contribution >= 0.6 is 0 Å². The SMILES string of the molecule is O=C(NN=Cc1ccccc1OC(=O)c1ccc2c(c1)OCO2)c1cccc(NC(=O)c2ccco2)c1. The van der Waals surface area contributed by atoms with Gasteiger partial charge in [-0.3, -0.25) is 9.59 Å². The van der Waals surface area contributed by atoms with Crippen LogP contribution in [0.4, 0.5) is 5.69 Å². The average Bonchev–Trinajstić information content (AvgIpc) is 3.62. The second-order valence-corrected chi connectivity index (χ2v) is 7.71. The number of ether oxygens (including phenoxy) is 3. The first-order valence-electron chi connectivity index (χ1n) is 11.1. The van der Waals surface area contributed by atoms with Gasteiger partial charge in [0.15, 0.2) is 17.3 Å². The van der Waals surface area contributed by atoms with E-state index in [1.807, 2.05) is 0 Å². The standard InChI is InChI=1S/C27H19N3O7/c31-25(17-6-3-7-20(13-17)29-26(32)23-9-4-12-34-23)30-28-15-19-5-1-2-8-21(19)37-27(33)18-10-11-22-24(14-18)36-16-35-22/h1-15H,16H2,(H,29,32)(H,30,31). The number of carbonyl (C=O) groups excluding carboxylic acids is 3. The number of para-hydroxylation sites is 1. The smallest absolute Gasteiger partial charge is 0.343 e. The van der Waals surface area contributed by atoms with Crippen molar-refractivity contribution in [1.82, 2.24) is 5.43 Å². The van der Waals surface area contributed by atoms with Crippen molar-refractivity contribution in [1.29, 1.82) is 0 Å². The van der Waals surface area contributed by atoms with Gasteiger partial charge in [-0.1, -0.05) is 18.2 Å². The molecule has 5 rings (SSSR count). The molecule has 184 valence electrons. The lowest BCUT2D eigenvalue weighted by molar-refractivity contribution is 0.0733. The zero-order valence-corrected chi connectivity index (χ0v) is 19.2. The molecule has 0 fully saturated rings. The lowest BCUT2D eigenvalue weighted by Gasteiger charge is -2.08. The van der Waals surface area contributed by atoms with E-state index in [0.717, 1.165) is 0 Å². The van der Waals surface area contributed by atoms with Gasteiger partial charge >= 0.3 is 5.97 Å². The predicted octanol–water partition coefficient (Wildman–Crippen LogP) is 4.24. The summed E-state index contributed by atoms with van der Waals surface area (Å²) >= 11 is 0. The topological polar surface area (TPSA) is 128 Å². The summed E-state index contributed by atoms with van der Waals surface area (Å²) in [6, 6.07) is 21.0. The predicted molar refractivity (Wildman–Crippen MR) is 132 cm³/mol. The van der Waals surface area contributed by atoms with E-state index in [1.165, 1.54) is 24.6 Å². The Morgan fingerprint density at radius 2 is 1.70 bits per heavy atom. The highest BCUT2D eigenvalue weighted by molar-refractivity contribution is 6.03. The first kappa shape index (κ1) is 23.4. The van der Waals surface area contributed by atoms with Crippen molar-refractivity contribution in [2.45, 2.75) is 0 Å². The third kappa shape index (κ3) is 5.49. The highest BCUT2D eigenvalue weighted by Gasteiger charge is 2.18. The van der Waals surface area contributed by atoms with Gasteiger partial charge in [0.2, 0.25) is 6.79 Å². The van der Waals surface area contributed by atoms with Gasteiger partial charge in [-0.2, -0.15) is 5.10 Å². The minimum absolute atomic E-state index is 0.0999. The largest absolute Gasteiger partial charge is 0.459 e. The van der Waals surface area contributed by atoms with Gasteiger partial charge in [-0.15, -0.1) is 0 Å². The van der Waals surface area contributed by atoms with Crippen molar-refractivity contribution in [2.24, 2.45) is 5.10 Å². The van der Waals surface area contributed by atoms with Crippen LogP contribution in [-0.2, 0) is 0 Å². The number of anilines is 1. The second-order valence-electron chi connectivity index (χ2n) is 7.71. The molecule has 0 saturated heterocycles. The molecule has 0 unspecified atom stereocenters. The number of esters is 1. The van der Waals surface area contributed by atoms with E-state index in [9.17, 15) is 14.4 Å². The number of fused-ring (bicyclic) bond motifs is 1. The summed E-state index contributed by atoms with van der Waals surface area (Å²) in [6.07, 6.45) is 2.76. The van der Waals surface area contributed by atoms with Gasteiger partial charge in [0.25, 0.3) is 11.8 Å². The van der Waals surface area contributed by atoms with Gasteiger partial charge < -0.3 is 23.9 Å². The van der Waals surface area contributed by atoms with Crippen LogP contribution in [0.2, 0.25) is 0 Å².